The van der Waals surface area contributed by atoms with Crippen LogP contribution in [-0.4, -0.2) is 39.5 Å². The molecule has 0 unspecified atom stereocenters. The average molecular weight is 408 g/mol. The molecule has 0 amide bonds. The Morgan fingerprint density at radius 2 is 2.00 bits per heavy atom. The van der Waals surface area contributed by atoms with Crippen LogP contribution in [0, 0.1) is 0 Å². The van der Waals surface area contributed by atoms with Gasteiger partial charge < -0.3 is 0 Å². The van der Waals surface area contributed by atoms with Crippen LogP contribution in [0.2, 0.25) is 19.3 Å². The van der Waals surface area contributed by atoms with Gasteiger partial charge in [0.2, 0.25) is 0 Å². The Hall–Kier alpha value is 1.30. The zero-order chi connectivity index (χ0) is 9.90. The molecule has 0 aliphatic heterocycles. The van der Waals surface area contributed by atoms with Crippen molar-refractivity contribution < 1.29 is 0 Å². The minimum atomic E-state index is -1.71. The third-order valence-electron chi connectivity index (χ3n) is 1.95. The van der Waals surface area contributed by atoms with Crippen LogP contribution in [0.3, 0.4) is 0 Å². The Labute approximate surface area is 100 Å². The van der Waals surface area contributed by atoms with E-state index in [0.29, 0.717) is 0 Å². The molecule has 1 rings (SSSR count). The number of hydrogen-bond acceptors (Lipinski definition) is 1. The summed E-state index contributed by atoms with van der Waals surface area (Å²) in [6.45, 7) is 2.34. The summed E-state index contributed by atoms with van der Waals surface area (Å²) in [5.41, 5.74) is 0. The molecule has 0 N–H and O–H groups in total. The molecule has 0 spiro atoms. The van der Waals surface area contributed by atoms with Crippen LogP contribution in [0.4, 0.5) is 0 Å². The van der Waals surface area contributed by atoms with E-state index in [-0.39, 0.29) is 21.1 Å². The Bertz CT molecular complexity index is 260. The summed E-state index contributed by atoms with van der Waals surface area (Å²) >= 11 is 0.380. The third-order valence-corrected chi connectivity index (χ3v) is 16.5. The quantitative estimate of drug-likeness (QED) is 0.673. The molecule has 0 fully saturated rings. The van der Waals surface area contributed by atoms with Crippen molar-refractivity contribution in [3.05, 3.63) is 17.0 Å². The summed E-state index contributed by atoms with van der Waals surface area (Å²) in [6.07, 6.45) is 0. The van der Waals surface area contributed by atoms with Gasteiger partial charge in [-0.25, -0.2) is 0 Å². The van der Waals surface area contributed by atoms with E-state index < -0.39 is 18.4 Å². The topological polar surface area (TPSA) is 0 Å². The molecule has 0 nitrogen and oxygen atoms in total. The van der Waals surface area contributed by atoms with Gasteiger partial charge in [-0.1, -0.05) is 0 Å². The van der Waals surface area contributed by atoms with Gasteiger partial charge in [0.05, 0.1) is 0 Å². The Kier molecular flexibility index (Phi) is 5.14. The fourth-order valence-corrected chi connectivity index (χ4v) is 10.5. The first kappa shape index (κ1) is 12.4. The fourth-order valence-electron chi connectivity index (χ4n) is 1.12. The van der Waals surface area contributed by atoms with E-state index in [9.17, 15) is 0 Å². The average Bonchev–Trinajstić information content (AvgIpc) is 2.47. The van der Waals surface area contributed by atoms with Gasteiger partial charge in [0.25, 0.3) is 0 Å². The zero-order valence-corrected chi connectivity index (χ0v) is 15.5. The van der Waals surface area contributed by atoms with E-state index in [4.69, 9.17) is 0 Å². The van der Waals surface area contributed by atoms with Crippen LogP contribution in [0.5, 0.6) is 0 Å². The first-order chi connectivity index (χ1) is 6.04. The summed E-state index contributed by atoms with van der Waals surface area (Å²) in [5.74, 6) is 0. The van der Waals surface area contributed by atoms with Gasteiger partial charge >= 0.3 is 101 Å². The van der Waals surface area contributed by atoms with Crippen molar-refractivity contribution in [3.63, 3.8) is 0 Å². The van der Waals surface area contributed by atoms with Crippen molar-refractivity contribution in [1.82, 2.24) is 0 Å². The molecule has 0 aliphatic rings. The van der Waals surface area contributed by atoms with Gasteiger partial charge in [0, 0.05) is 0 Å². The van der Waals surface area contributed by atoms with Gasteiger partial charge in [-0.05, 0) is 0 Å². The van der Waals surface area contributed by atoms with Crippen LogP contribution < -0.4 is 2.89 Å². The predicted octanol–water partition coefficient (Wildman–Crippen LogP) is 2.94. The third kappa shape index (κ3) is 4.12. The Balaban J connectivity index is 2.64. The molecular weight excluding hydrogens is 390 g/mol. The van der Waals surface area contributed by atoms with Crippen molar-refractivity contribution in [3.8, 4) is 0 Å². The molecule has 1 aromatic rings. The molecule has 0 atom stereocenters. The van der Waals surface area contributed by atoms with Gasteiger partial charge in [-0.3, -0.25) is 0 Å². The van der Waals surface area contributed by atoms with Crippen molar-refractivity contribution >= 4 is 53.7 Å². The van der Waals surface area contributed by atoms with Crippen molar-refractivity contribution in [2.24, 2.45) is 0 Å². The normalized spacial score (nSPS) is 12.0. The van der Waals surface area contributed by atoms with Crippen LogP contribution >= 0.6 is 11.3 Å². The number of rotatable bonds is 4. The van der Waals surface area contributed by atoms with Crippen LogP contribution in [0.25, 0.3) is 0 Å². The van der Waals surface area contributed by atoms with Crippen molar-refractivity contribution in [2.75, 3.05) is 0 Å². The summed E-state index contributed by atoms with van der Waals surface area (Å²) < 4.78 is 4.70. The van der Waals surface area contributed by atoms with E-state index >= 15 is 0 Å². The van der Waals surface area contributed by atoms with Crippen LogP contribution in [0.1, 0.15) is 11.8 Å². The van der Waals surface area contributed by atoms with Crippen molar-refractivity contribution in [2.45, 2.75) is 30.6 Å². The molecule has 1 aromatic heterocycles. The molecule has 0 saturated heterocycles. The van der Waals surface area contributed by atoms with Gasteiger partial charge in [-0.15, -0.1) is 0 Å². The molecule has 0 aliphatic carbocycles. The summed E-state index contributed by atoms with van der Waals surface area (Å²) in [5, 5.41) is 0. The zero-order valence-electron chi connectivity index (χ0n) is 8.98. The van der Waals surface area contributed by atoms with Crippen LogP contribution in [-0.2, 0) is 4.44 Å². The predicted molar refractivity (Wildman–Crippen MR) is 67.2 cm³/mol. The maximum atomic E-state index is 2.50. The molecule has 2 radical (unpaired) electrons. The first-order valence-corrected chi connectivity index (χ1v) is 19.7. The standard InChI is InChI=1S/C5H4S.C2H5.3CH3.2Sn/c1-5-3-2-4-6-5;1-2;;;;;/h2-3H,1H2;1H2,2H3;3*1H3;;. The fraction of sp³-hybridized carbons (Fsp3) is 0.600. The van der Waals surface area contributed by atoms with Crippen molar-refractivity contribution in [1.29, 1.82) is 0 Å². The first-order valence-electron chi connectivity index (χ1n) is 4.84. The SMILES string of the molecule is C[CH2][Sn][CH2]c1cc[c]([Sn]([CH3])([CH3])[CH3])s1. The second-order valence-electron chi connectivity index (χ2n) is 4.30. The molecule has 72 valence electrons. The monoisotopic (exact) mass is 410 g/mol. The van der Waals surface area contributed by atoms with E-state index in [1.165, 1.54) is 8.87 Å². The van der Waals surface area contributed by atoms with Gasteiger partial charge in [0.1, 0.15) is 0 Å². The summed E-state index contributed by atoms with van der Waals surface area (Å²) in [7, 11) is 0. The second-order valence-corrected chi connectivity index (χ2v) is 25.3. The van der Waals surface area contributed by atoms with E-state index in [0.717, 1.165) is 0 Å². The molecule has 1 heterocycles. The van der Waals surface area contributed by atoms with E-state index in [1.807, 2.05) is 0 Å². The maximum absolute atomic E-state index is 2.50. The Morgan fingerprint density at radius 1 is 1.31 bits per heavy atom. The summed E-state index contributed by atoms with van der Waals surface area (Å²) in [4.78, 5) is 9.19. The molecule has 3 heteroatoms. The molecular formula is C10H18SSn2. The molecule has 13 heavy (non-hydrogen) atoms. The summed E-state index contributed by atoms with van der Waals surface area (Å²) in [6, 6.07) is 4.80. The molecule has 0 aromatic carbocycles. The Morgan fingerprint density at radius 3 is 2.46 bits per heavy atom. The van der Waals surface area contributed by atoms with E-state index in [1.54, 1.807) is 7.77 Å². The number of hydrogen-bond donors (Lipinski definition) is 0. The van der Waals surface area contributed by atoms with Crippen LogP contribution in [0.15, 0.2) is 12.1 Å². The minimum absolute atomic E-state index is 0.0242. The van der Waals surface area contributed by atoms with Gasteiger partial charge in [-0.2, -0.15) is 0 Å². The molecule has 0 bridgehead atoms. The number of thiophene rings is 1. The molecule has 0 saturated carbocycles. The van der Waals surface area contributed by atoms with Gasteiger partial charge in [0.15, 0.2) is 0 Å². The second kappa shape index (κ2) is 5.40. The van der Waals surface area contributed by atoms with E-state index in [2.05, 4.69) is 45.2 Å².